The number of carbonyl (C=O) groups is 1. The van der Waals surface area contributed by atoms with Gasteiger partial charge < -0.3 is 11.1 Å². The number of hydrogen-bond acceptors (Lipinski definition) is 3. The molecular formula is C16H15N3O. The number of nitrogens with two attached hydrogens (primary N) is 1. The van der Waals surface area contributed by atoms with Gasteiger partial charge in [0.05, 0.1) is 6.54 Å². The summed E-state index contributed by atoms with van der Waals surface area (Å²) in [5.74, 6) is 5.39. The summed E-state index contributed by atoms with van der Waals surface area (Å²) in [4.78, 5) is 16.0. The van der Waals surface area contributed by atoms with E-state index < -0.39 is 0 Å². The Morgan fingerprint density at radius 2 is 2.00 bits per heavy atom. The van der Waals surface area contributed by atoms with Gasteiger partial charge in [0.2, 0.25) is 0 Å². The van der Waals surface area contributed by atoms with E-state index in [4.69, 9.17) is 5.73 Å². The SMILES string of the molecule is NCC#Cc1ccc(C(=O)NCc2ccccc2)nc1. The van der Waals surface area contributed by atoms with Crippen LogP contribution in [0.1, 0.15) is 21.6 Å². The van der Waals surface area contributed by atoms with Crippen LogP contribution in [0.4, 0.5) is 0 Å². The molecule has 0 fully saturated rings. The van der Waals surface area contributed by atoms with Gasteiger partial charge in [-0.1, -0.05) is 42.2 Å². The fourth-order valence-electron chi connectivity index (χ4n) is 1.62. The van der Waals surface area contributed by atoms with Crippen LogP contribution in [0.3, 0.4) is 0 Å². The maximum Gasteiger partial charge on any atom is 0.270 e. The highest BCUT2D eigenvalue weighted by molar-refractivity contribution is 5.92. The minimum Gasteiger partial charge on any atom is -0.347 e. The number of amides is 1. The van der Waals surface area contributed by atoms with Gasteiger partial charge in [0.1, 0.15) is 5.69 Å². The normalized spacial score (nSPS) is 9.45. The highest BCUT2D eigenvalue weighted by Crippen LogP contribution is 2.01. The molecule has 0 aliphatic carbocycles. The van der Waals surface area contributed by atoms with Crippen molar-refractivity contribution in [3.05, 3.63) is 65.5 Å². The fourth-order valence-corrected chi connectivity index (χ4v) is 1.62. The lowest BCUT2D eigenvalue weighted by Gasteiger charge is -2.04. The van der Waals surface area contributed by atoms with Crippen molar-refractivity contribution in [3.63, 3.8) is 0 Å². The topological polar surface area (TPSA) is 68.0 Å². The summed E-state index contributed by atoms with van der Waals surface area (Å²) < 4.78 is 0. The van der Waals surface area contributed by atoms with Crippen molar-refractivity contribution in [2.45, 2.75) is 6.54 Å². The molecule has 20 heavy (non-hydrogen) atoms. The molecule has 1 aromatic carbocycles. The van der Waals surface area contributed by atoms with E-state index in [9.17, 15) is 4.79 Å². The molecule has 0 spiro atoms. The Balaban J connectivity index is 1.96. The molecule has 0 saturated heterocycles. The largest absolute Gasteiger partial charge is 0.347 e. The van der Waals surface area contributed by atoms with Crippen LogP contribution in [0.2, 0.25) is 0 Å². The minimum absolute atomic E-state index is 0.202. The number of pyridine rings is 1. The molecular weight excluding hydrogens is 250 g/mol. The van der Waals surface area contributed by atoms with Gasteiger partial charge in [-0.25, -0.2) is 4.98 Å². The van der Waals surface area contributed by atoms with Gasteiger partial charge in [0, 0.05) is 18.3 Å². The lowest BCUT2D eigenvalue weighted by molar-refractivity contribution is 0.0946. The molecule has 0 atom stereocenters. The smallest absolute Gasteiger partial charge is 0.270 e. The summed E-state index contributed by atoms with van der Waals surface area (Å²) in [6.45, 7) is 0.787. The summed E-state index contributed by atoms with van der Waals surface area (Å²) in [5, 5.41) is 2.82. The number of nitrogens with one attached hydrogen (secondary N) is 1. The van der Waals surface area contributed by atoms with Crippen LogP contribution in [-0.4, -0.2) is 17.4 Å². The molecule has 0 bridgehead atoms. The van der Waals surface area contributed by atoms with E-state index in [0.29, 0.717) is 18.8 Å². The van der Waals surface area contributed by atoms with Crippen molar-refractivity contribution in [3.8, 4) is 11.8 Å². The first-order valence-corrected chi connectivity index (χ1v) is 6.26. The van der Waals surface area contributed by atoms with E-state index in [1.807, 2.05) is 30.3 Å². The summed E-state index contributed by atoms with van der Waals surface area (Å²) >= 11 is 0. The van der Waals surface area contributed by atoms with Gasteiger partial charge in [-0.3, -0.25) is 4.79 Å². The zero-order chi connectivity index (χ0) is 14.2. The van der Waals surface area contributed by atoms with Crippen LogP contribution in [0, 0.1) is 11.8 Å². The lowest BCUT2D eigenvalue weighted by atomic mass is 10.2. The highest BCUT2D eigenvalue weighted by Gasteiger charge is 2.06. The first-order valence-electron chi connectivity index (χ1n) is 6.26. The Morgan fingerprint density at radius 3 is 2.65 bits per heavy atom. The van der Waals surface area contributed by atoms with Crippen LogP contribution in [-0.2, 0) is 6.54 Å². The van der Waals surface area contributed by atoms with E-state index in [-0.39, 0.29) is 5.91 Å². The summed E-state index contributed by atoms with van der Waals surface area (Å²) in [6, 6.07) is 13.1. The third-order valence-corrected chi connectivity index (χ3v) is 2.63. The zero-order valence-electron chi connectivity index (χ0n) is 11.0. The average Bonchev–Trinajstić information content (AvgIpc) is 2.52. The maximum atomic E-state index is 11.9. The van der Waals surface area contributed by atoms with Crippen LogP contribution in [0.25, 0.3) is 0 Å². The molecule has 3 N–H and O–H groups in total. The Morgan fingerprint density at radius 1 is 1.20 bits per heavy atom. The second-order valence-electron chi connectivity index (χ2n) is 4.11. The zero-order valence-corrected chi connectivity index (χ0v) is 11.0. The predicted octanol–water partition coefficient (Wildman–Crippen LogP) is 1.32. The molecule has 0 radical (unpaired) electrons. The number of benzene rings is 1. The van der Waals surface area contributed by atoms with Crippen molar-refractivity contribution < 1.29 is 4.79 Å². The molecule has 0 aliphatic rings. The molecule has 4 heteroatoms. The molecule has 1 heterocycles. The fraction of sp³-hybridized carbons (Fsp3) is 0.125. The molecule has 4 nitrogen and oxygen atoms in total. The van der Waals surface area contributed by atoms with Gasteiger partial charge in [-0.05, 0) is 17.7 Å². The molecule has 0 aliphatic heterocycles. The van der Waals surface area contributed by atoms with Crippen LogP contribution >= 0.6 is 0 Å². The average molecular weight is 265 g/mol. The summed E-state index contributed by atoms with van der Waals surface area (Å²) in [6.07, 6.45) is 1.57. The monoisotopic (exact) mass is 265 g/mol. The molecule has 2 aromatic rings. The van der Waals surface area contributed by atoms with Crippen LogP contribution in [0.15, 0.2) is 48.7 Å². The van der Waals surface area contributed by atoms with Gasteiger partial charge in [0.15, 0.2) is 0 Å². The Kier molecular flexibility index (Phi) is 4.87. The number of hydrogen-bond donors (Lipinski definition) is 2. The van der Waals surface area contributed by atoms with Gasteiger partial charge in [-0.2, -0.15) is 0 Å². The van der Waals surface area contributed by atoms with Crippen LogP contribution in [0.5, 0.6) is 0 Å². The van der Waals surface area contributed by atoms with E-state index in [1.165, 1.54) is 0 Å². The highest BCUT2D eigenvalue weighted by atomic mass is 16.1. The van der Waals surface area contributed by atoms with Gasteiger partial charge in [0.25, 0.3) is 5.91 Å². The second kappa shape index (κ2) is 7.07. The molecule has 0 unspecified atom stereocenters. The van der Waals surface area contributed by atoms with Crippen molar-refractivity contribution in [1.29, 1.82) is 0 Å². The Bertz CT molecular complexity index is 624. The lowest BCUT2D eigenvalue weighted by Crippen LogP contribution is -2.23. The molecule has 2 rings (SSSR count). The van der Waals surface area contributed by atoms with Crippen molar-refractivity contribution in [2.24, 2.45) is 5.73 Å². The first-order chi connectivity index (χ1) is 9.79. The molecule has 100 valence electrons. The van der Waals surface area contributed by atoms with Gasteiger partial charge >= 0.3 is 0 Å². The Labute approximate surface area is 118 Å². The Hall–Kier alpha value is -2.64. The summed E-state index contributed by atoms with van der Waals surface area (Å²) in [5.41, 5.74) is 7.46. The number of carbonyl (C=O) groups excluding carboxylic acids is 1. The van der Waals surface area contributed by atoms with Crippen LogP contribution < -0.4 is 11.1 Å². The van der Waals surface area contributed by atoms with E-state index >= 15 is 0 Å². The van der Waals surface area contributed by atoms with E-state index in [0.717, 1.165) is 11.1 Å². The van der Waals surface area contributed by atoms with Crippen molar-refractivity contribution in [2.75, 3.05) is 6.54 Å². The quantitative estimate of drug-likeness (QED) is 0.822. The van der Waals surface area contributed by atoms with Gasteiger partial charge in [-0.15, -0.1) is 0 Å². The van der Waals surface area contributed by atoms with E-state index in [2.05, 4.69) is 22.1 Å². The van der Waals surface area contributed by atoms with Crippen molar-refractivity contribution in [1.82, 2.24) is 10.3 Å². The summed E-state index contributed by atoms with van der Waals surface area (Å²) in [7, 11) is 0. The molecule has 1 aromatic heterocycles. The predicted molar refractivity (Wildman–Crippen MR) is 77.8 cm³/mol. The number of aromatic nitrogens is 1. The first kappa shape index (κ1) is 13.8. The number of nitrogens with zero attached hydrogens (tertiary/aromatic N) is 1. The number of rotatable bonds is 3. The van der Waals surface area contributed by atoms with Crippen molar-refractivity contribution >= 4 is 5.91 Å². The minimum atomic E-state index is -0.202. The molecule has 1 amide bonds. The molecule has 0 saturated carbocycles. The third-order valence-electron chi connectivity index (χ3n) is 2.63. The van der Waals surface area contributed by atoms with E-state index in [1.54, 1.807) is 18.3 Å². The third kappa shape index (κ3) is 3.94. The second-order valence-corrected chi connectivity index (χ2v) is 4.11. The standard InChI is InChI=1S/C16H15N3O/c17-10-4-7-14-8-9-15(18-11-14)16(20)19-12-13-5-2-1-3-6-13/h1-3,5-6,8-9,11H,10,12,17H2,(H,19,20). The maximum absolute atomic E-state index is 11.9.